The molecule has 6 heteroatoms. The van der Waals surface area contributed by atoms with Gasteiger partial charge in [-0.3, -0.25) is 4.79 Å². The third kappa shape index (κ3) is 4.35. The third-order valence-corrected chi connectivity index (χ3v) is 4.23. The highest BCUT2D eigenvalue weighted by molar-refractivity contribution is 5.94. The Hall–Kier alpha value is -2.89. The van der Waals surface area contributed by atoms with Gasteiger partial charge in [0.1, 0.15) is 5.82 Å². The number of hydrogen-bond acceptors (Lipinski definition) is 2. The number of benzene rings is 2. The van der Waals surface area contributed by atoms with Crippen molar-refractivity contribution in [3.8, 4) is 0 Å². The smallest absolute Gasteiger partial charge is 0.317 e. The van der Waals surface area contributed by atoms with Crippen molar-refractivity contribution in [3.63, 3.8) is 0 Å². The molecule has 2 N–H and O–H groups in total. The van der Waals surface area contributed by atoms with Crippen molar-refractivity contribution in [2.45, 2.75) is 12.5 Å². The molecule has 0 saturated carbocycles. The molecule has 1 aliphatic heterocycles. The van der Waals surface area contributed by atoms with E-state index in [1.165, 1.54) is 12.1 Å². The van der Waals surface area contributed by atoms with Crippen LogP contribution in [-0.4, -0.2) is 42.5 Å². The highest BCUT2D eigenvalue weighted by Crippen LogP contribution is 2.13. The summed E-state index contributed by atoms with van der Waals surface area (Å²) in [7, 11) is 0. The molecule has 25 heavy (non-hydrogen) atoms. The summed E-state index contributed by atoms with van der Waals surface area (Å²) in [6, 6.07) is 14.8. The molecule has 0 spiro atoms. The van der Waals surface area contributed by atoms with Gasteiger partial charge >= 0.3 is 6.03 Å². The number of hydrogen-bond donors (Lipinski definition) is 2. The Labute approximate surface area is 145 Å². The first kappa shape index (κ1) is 17.0. The number of urea groups is 1. The second kappa shape index (κ2) is 7.79. The summed E-state index contributed by atoms with van der Waals surface area (Å²) in [6.07, 6.45) is 0.472. The Balaban J connectivity index is 1.70. The lowest BCUT2D eigenvalue weighted by Crippen LogP contribution is -2.46. The molecule has 0 bridgehead atoms. The molecule has 2 aromatic rings. The first-order valence-corrected chi connectivity index (χ1v) is 8.25. The minimum absolute atomic E-state index is 0.157. The van der Waals surface area contributed by atoms with Crippen LogP contribution in [0, 0.1) is 5.82 Å². The van der Waals surface area contributed by atoms with Crippen LogP contribution in [0.5, 0.6) is 0 Å². The average Bonchev–Trinajstić information content (AvgIpc) is 3.05. The molecule has 0 unspecified atom stereocenters. The van der Waals surface area contributed by atoms with Gasteiger partial charge in [-0.05, 0) is 36.2 Å². The van der Waals surface area contributed by atoms with Gasteiger partial charge < -0.3 is 15.5 Å². The lowest BCUT2D eigenvalue weighted by atomic mass is 10.0. The second-order valence-electron chi connectivity index (χ2n) is 5.99. The fourth-order valence-corrected chi connectivity index (χ4v) is 2.97. The number of halogens is 1. The van der Waals surface area contributed by atoms with Gasteiger partial charge in [-0.25, -0.2) is 9.18 Å². The highest BCUT2D eigenvalue weighted by Gasteiger charge is 2.28. The van der Waals surface area contributed by atoms with Crippen LogP contribution in [0.4, 0.5) is 9.18 Å². The van der Waals surface area contributed by atoms with E-state index in [2.05, 4.69) is 10.6 Å². The van der Waals surface area contributed by atoms with Gasteiger partial charge in [-0.15, -0.1) is 0 Å². The fraction of sp³-hybridized carbons (Fsp3) is 0.263. The number of carbonyl (C=O) groups is 2. The van der Waals surface area contributed by atoms with Crippen molar-refractivity contribution in [1.82, 2.24) is 15.5 Å². The molecule has 1 atom stereocenters. The van der Waals surface area contributed by atoms with E-state index in [0.717, 1.165) is 5.56 Å². The van der Waals surface area contributed by atoms with Gasteiger partial charge in [0, 0.05) is 25.2 Å². The molecule has 2 aromatic carbocycles. The molecule has 3 amide bonds. The van der Waals surface area contributed by atoms with Crippen LogP contribution in [0.3, 0.4) is 0 Å². The lowest BCUT2D eigenvalue weighted by molar-refractivity contribution is 0.0940. The van der Waals surface area contributed by atoms with Crippen LogP contribution >= 0.6 is 0 Å². The topological polar surface area (TPSA) is 61.4 Å². The van der Waals surface area contributed by atoms with Crippen LogP contribution < -0.4 is 10.6 Å². The highest BCUT2D eigenvalue weighted by atomic mass is 19.1. The largest absolute Gasteiger partial charge is 0.350 e. The first-order valence-electron chi connectivity index (χ1n) is 8.25. The van der Waals surface area contributed by atoms with E-state index in [4.69, 9.17) is 0 Å². The number of nitrogens with one attached hydrogen (secondary N) is 2. The van der Waals surface area contributed by atoms with Crippen molar-refractivity contribution in [1.29, 1.82) is 0 Å². The Morgan fingerprint density at radius 2 is 2.00 bits per heavy atom. The van der Waals surface area contributed by atoms with Gasteiger partial charge in [0.15, 0.2) is 0 Å². The summed E-state index contributed by atoms with van der Waals surface area (Å²) in [4.78, 5) is 26.0. The molecule has 1 aliphatic rings. The van der Waals surface area contributed by atoms with Gasteiger partial charge in [0.05, 0.1) is 6.04 Å². The van der Waals surface area contributed by atoms with E-state index in [-0.39, 0.29) is 23.8 Å². The van der Waals surface area contributed by atoms with Crippen molar-refractivity contribution in [2.24, 2.45) is 0 Å². The summed E-state index contributed by atoms with van der Waals surface area (Å²) >= 11 is 0. The molecular weight excluding hydrogens is 321 g/mol. The van der Waals surface area contributed by atoms with Crippen molar-refractivity contribution in [2.75, 3.05) is 19.6 Å². The minimum atomic E-state index is -0.310. The van der Waals surface area contributed by atoms with Gasteiger partial charge in [-0.1, -0.05) is 30.3 Å². The molecule has 1 saturated heterocycles. The molecule has 0 radical (unpaired) electrons. The fourth-order valence-electron chi connectivity index (χ4n) is 2.97. The summed E-state index contributed by atoms with van der Waals surface area (Å²) in [5, 5.41) is 5.64. The zero-order valence-corrected chi connectivity index (χ0v) is 13.7. The predicted molar refractivity (Wildman–Crippen MR) is 92.8 cm³/mol. The Morgan fingerprint density at radius 3 is 2.68 bits per heavy atom. The Kier molecular flexibility index (Phi) is 5.28. The van der Waals surface area contributed by atoms with Gasteiger partial charge in [-0.2, -0.15) is 0 Å². The first-order chi connectivity index (χ1) is 12.1. The van der Waals surface area contributed by atoms with Gasteiger partial charge in [0.25, 0.3) is 5.91 Å². The van der Waals surface area contributed by atoms with Crippen LogP contribution in [0.25, 0.3) is 0 Å². The maximum absolute atomic E-state index is 13.4. The number of amides is 3. The van der Waals surface area contributed by atoms with E-state index in [1.54, 1.807) is 35.2 Å². The van der Waals surface area contributed by atoms with E-state index >= 15 is 0 Å². The predicted octanol–water partition coefficient (Wildman–Crippen LogP) is 2.19. The number of rotatable bonds is 6. The molecule has 130 valence electrons. The summed E-state index contributed by atoms with van der Waals surface area (Å²) in [5.41, 5.74) is 1.36. The molecule has 3 rings (SSSR count). The maximum Gasteiger partial charge on any atom is 0.317 e. The van der Waals surface area contributed by atoms with Crippen LogP contribution in [0.2, 0.25) is 0 Å². The minimum Gasteiger partial charge on any atom is -0.350 e. The van der Waals surface area contributed by atoms with Crippen LogP contribution in [0.1, 0.15) is 15.9 Å². The normalized spacial score (nSPS) is 14.9. The van der Waals surface area contributed by atoms with Crippen LogP contribution in [-0.2, 0) is 6.42 Å². The van der Waals surface area contributed by atoms with Crippen molar-refractivity contribution in [3.05, 3.63) is 71.5 Å². The van der Waals surface area contributed by atoms with E-state index in [1.807, 2.05) is 12.1 Å². The molecule has 1 heterocycles. The zero-order valence-electron chi connectivity index (χ0n) is 13.7. The summed E-state index contributed by atoms with van der Waals surface area (Å²) in [6.45, 7) is 1.45. The monoisotopic (exact) mass is 341 g/mol. The summed E-state index contributed by atoms with van der Waals surface area (Å²) < 4.78 is 13.4. The van der Waals surface area contributed by atoms with Gasteiger partial charge in [0.2, 0.25) is 0 Å². The van der Waals surface area contributed by atoms with Crippen LogP contribution in [0.15, 0.2) is 54.6 Å². The number of nitrogens with zero attached hydrogens (tertiary/aromatic N) is 1. The lowest BCUT2D eigenvalue weighted by Gasteiger charge is -2.27. The SMILES string of the molecule is O=C(NC[C@@H](Cc1cccc(F)c1)N1CCNC1=O)c1ccccc1. The van der Waals surface area contributed by atoms with Crippen molar-refractivity contribution >= 4 is 11.9 Å². The summed E-state index contributed by atoms with van der Waals surface area (Å²) in [5.74, 6) is -0.500. The molecule has 1 fully saturated rings. The average molecular weight is 341 g/mol. The number of carbonyl (C=O) groups excluding carboxylic acids is 2. The Bertz CT molecular complexity index is 751. The van der Waals surface area contributed by atoms with E-state index in [0.29, 0.717) is 31.6 Å². The molecular formula is C19H20FN3O2. The third-order valence-electron chi connectivity index (χ3n) is 4.23. The van der Waals surface area contributed by atoms with E-state index < -0.39 is 0 Å². The van der Waals surface area contributed by atoms with E-state index in [9.17, 15) is 14.0 Å². The van der Waals surface area contributed by atoms with Crippen molar-refractivity contribution < 1.29 is 14.0 Å². The zero-order chi connectivity index (χ0) is 17.6. The quantitative estimate of drug-likeness (QED) is 0.846. The molecule has 0 aromatic heterocycles. The second-order valence-corrected chi connectivity index (χ2v) is 5.99. The molecule has 0 aliphatic carbocycles. The Morgan fingerprint density at radius 1 is 1.20 bits per heavy atom. The maximum atomic E-state index is 13.4. The molecule has 5 nitrogen and oxygen atoms in total. The standard InChI is InChI=1S/C19H20FN3O2/c20-16-8-4-5-14(11-16)12-17(23-10-9-21-19(23)25)13-22-18(24)15-6-2-1-3-7-15/h1-8,11,17H,9-10,12-13H2,(H,21,25)(H,22,24)/t17-/m1/s1.